The maximum atomic E-state index is 10.4. The molecule has 0 saturated carbocycles. The third kappa shape index (κ3) is 3.05. The quantitative estimate of drug-likeness (QED) is 0.858. The summed E-state index contributed by atoms with van der Waals surface area (Å²) in [6.45, 7) is 3.94. The Morgan fingerprint density at radius 2 is 1.94 bits per heavy atom. The maximum Gasteiger partial charge on any atom is 0.328 e. The molecule has 2 rings (SSSR count). The summed E-state index contributed by atoms with van der Waals surface area (Å²) in [4.78, 5) is 16.8. The second-order valence-electron chi connectivity index (χ2n) is 4.01. The van der Waals surface area contributed by atoms with Crippen LogP contribution in [0, 0.1) is 13.8 Å². The highest BCUT2D eigenvalue weighted by atomic mass is 32.1. The van der Waals surface area contributed by atoms with Gasteiger partial charge in [0.05, 0.1) is 0 Å². The van der Waals surface area contributed by atoms with Crippen LogP contribution in [0.2, 0.25) is 0 Å². The van der Waals surface area contributed by atoms with E-state index in [4.69, 9.17) is 5.11 Å². The number of aliphatic carboxylic acids is 1. The molecule has 0 aromatic carbocycles. The number of nitrogens with zero attached hydrogens (tertiary/aromatic N) is 1. The van der Waals surface area contributed by atoms with Gasteiger partial charge in [-0.25, -0.2) is 4.79 Å². The lowest BCUT2D eigenvalue weighted by molar-refractivity contribution is -0.131. The first-order valence-electron chi connectivity index (χ1n) is 5.51. The molecule has 0 bridgehead atoms. The molecular formula is C14H13NO2S. The van der Waals surface area contributed by atoms with E-state index in [1.165, 1.54) is 0 Å². The van der Waals surface area contributed by atoms with Gasteiger partial charge in [0, 0.05) is 27.2 Å². The van der Waals surface area contributed by atoms with Crippen molar-refractivity contribution >= 4 is 23.4 Å². The van der Waals surface area contributed by atoms with Gasteiger partial charge in [0.1, 0.15) is 0 Å². The Morgan fingerprint density at radius 1 is 1.28 bits per heavy atom. The molecule has 4 heteroatoms. The van der Waals surface area contributed by atoms with E-state index in [2.05, 4.69) is 4.98 Å². The summed E-state index contributed by atoms with van der Waals surface area (Å²) in [5, 5.41) is 8.58. The topological polar surface area (TPSA) is 50.2 Å². The lowest BCUT2D eigenvalue weighted by atomic mass is 10.1. The van der Waals surface area contributed by atoms with Crippen molar-refractivity contribution < 1.29 is 9.90 Å². The molecule has 3 nitrogen and oxygen atoms in total. The summed E-state index contributed by atoms with van der Waals surface area (Å²) in [7, 11) is 0. The Kier molecular flexibility index (Phi) is 3.58. The predicted octanol–water partition coefficient (Wildman–Crippen LogP) is 3.52. The van der Waals surface area contributed by atoms with Crippen LogP contribution in [0.4, 0.5) is 0 Å². The fourth-order valence-electron chi connectivity index (χ4n) is 1.73. The van der Waals surface area contributed by atoms with Crippen molar-refractivity contribution in [3.63, 3.8) is 0 Å². The maximum absolute atomic E-state index is 10.4. The van der Waals surface area contributed by atoms with E-state index < -0.39 is 5.97 Å². The average Bonchev–Trinajstić information content (AvgIpc) is 2.73. The molecule has 0 amide bonds. The Hall–Kier alpha value is -1.94. The fraction of sp³-hybridized carbons (Fsp3) is 0.143. The van der Waals surface area contributed by atoms with Gasteiger partial charge in [-0.1, -0.05) is 0 Å². The molecule has 0 unspecified atom stereocenters. The summed E-state index contributed by atoms with van der Waals surface area (Å²) >= 11 is 1.57. The number of hydrogen-bond donors (Lipinski definition) is 1. The molecule has 92 valence electrons. The number of carbonyl (C=O) groups is 1. The first kappa shape index (κ1) is 12.5. The van der Waals surface area contributed by atoms with E-state index in [-0.39, 0.29) is 0 Å². The Balaban J connectivity index is 2.32. The number of aryl methyl sites for hydroxylation is 2. The molecule has 2 aromatic rings. The number of rotatable bonds is 3. The summed E-state index contributed by atoms with van der Waals surface area (Å²) in [6, 6.07) is 7.98. The zero-order valence-corrected chi connectivity index (χ0v) is 11.0. The molecule has 0 spiro atoms. The molecule has 1 N–H and O–H groups in total. The van der Waals surface area contributed by atoms with Gasteiger partial charge >= 0.3 is 5.97 Å². The van der Waals surface area contributed by atoms with E-state index >= 15 is 0 Å². The third-order valence-electron chi connectivity index (χ3n) is 2.38. The van der Waals surface area contributed by atoms with E-state index in [1.807, 2.05) is 38.1 Å². The molecule has 0 radical (unpaired) electrons. The van der Waals surface area contributed by atoms with Gasteiger partial charge in [0.2, 0.25) is 0 Å². The molecule has 18 heavy (non-hydrogen) atoms. The van der Waals surface area contributed by atoms with Gasteiger partial charge in [-0.15, -0.1) is 11.3 Å². The van der Waals surface area contributed by atoms with Crippen molar-refractivity contribution in [2.45, 2.75) is 13.8 Å². The minimum atomic E-state index is -0.930. The van der Waals surface area contributed by atoms with Crippen LogP contribution in [0.5, 0.6) is 0 Å². The van der Waals surface area contributed by atoms with Crippen LogP contribution in [-0.4, -0.2) is 16.1 Å². The van der Waals surface area contributed by atoms with Crippen molar-refractivity contribution in [3.05, 3.63) is 46.6 Å². The standard InChI is InChI=1S/C14H13NO2S/c1-9-7-11(8-10(2)15-9)13-5-3-12(18-13)4-6-14(16)17/h3-8H,1-2H3,(H,16,17)/b6-4+. The molecule has 2 aromatic heterocycles. The SMILES string of the molecule is Cc1cc(-c2ccc(/C=C/C(=O)O)s2)cc(C)n1. The van der Waals surface area contributed by atoms with Crippen molar-refractivity contribution in [3.8, 4) is 10.4 Å². The normalized spacial score (nSPS) is 11.0. The molecule has 0 aliphatic rings. The van der Waals surface area contributed by atoms with Gasteiger partial charge in [0.15, 0.2) is 0 Å². The highest BCUT2D eigenvalue weighted by Crippen LogP contribution is 2.29. The van der Waals surface area contributed by atoms with Gasteiger partial charge < -0.3 is 5.11 Å². The van der Waals surface area contributed by atoms with Gasteiger partial charge in [-0.2, -0.15) is 0 Å². The van der Waals surface area contributed by atoms with Crippen molar-refractivity contribution in [2.24, 2.45) is 0 Å². The van der Waals surface area contributed by atoms with E-state index in [0.29, 0.717) is 0 Å². The first-order chi connectivity index (χ1) is 8.54. The van der Waals surface area contributed by atoms with Crippen LogP contribution in [0.15, 0.2) is 30.3 Å². The van der Waals surface area contributed by atoms with E-state index in [1.54, 1.807) is 17.4 Å². The second kappa shape index (κ2) is 5.14. The summed E-state index contributed by atoms with van der Waals surface area (Å²) in [6.07, 6.45) is 2.76. The van der Waals surface area contributed by atoms with Crippen LogP contribution in [0.25, 0.3) is 16.5 Å². The van der Waals surface area contributed by atoms with Gasteiger partial charge in [-0.05, 0) is 49.8 Å². The Bertz CT molecular complexity index is 594. The smallest absolute Gasteiger partial charge is 0.328 e. The monoisotopic (exact) mass is 259 g/mol. The van der Waals surface area contributed by atoms with Crippen LogP contribution in [0.3, 0.4) is 0 Å². The van der Waals surface area contributed by atoms with Crippen LogP contribution in [-0.2, 0) is 4.79 Å². The first-order valence-corrected chi connectivity index (χ1v) is 6.33. The average molecular weight is 259 g/mol. The lowest BCUT2D eigenvalue weighted by Gasteiger charge is -2.01. The number of carboxylic acids is 1. The van der Waals surface area contributed by atoms with Crippen LogP contribution < -0.4 is 0 Å². The van der Waals surface area contributed by atoms with Crippen molar-refractivity contribution in [1.82, 2.24) is 4.98 Å². The summed E-state index contributed by atoms with van der Waals surface area (Å²) < 4.78 is 0. The van der Waals surface area contributed by atoms with Gasteiger partial charge in [0.25, 0.3) is 0 Å². The molecular weight excluding hydrogens is 246 g/mol. The number of aromatic nitrogens is 1. The van der Waals surface area contributed by atoms with Crippen LogP contribution in [0.1, 0.15) is 16.3 Å². The molecule has 0 aliphatic carbocycles. The molecule has 0 saturated heterocycles. The number of thiophene rings is 1. The lowest BCUT2D eigenvalue weighted by Crippen LogP contribution is -1.86. The fourth-order valence-corrected chi connectivity index (χ4v) is 2.63. The van der Waals surface area contributed by atoms with Crippen LogP contribution >= 0.6 is 11.3 Å². The second-order valence-corrected chi connectivity index (χ2v) is 5.13. The summed E-state index contributed by atoms with van der Waals surface area (Å²) in [5.41, 5.74) is 3.10. The number of hydrogen-bond acceptors (Lipinski definition) is 3. The minimum Gasteiger partial charge on any atom is -0.478 e. The van der Waals surface area contributed by atoms with E-state index in [9.17, 15) is 4.79 Å². The van der Waals surface area contributed by atoms with Gasteiger partial charge in [-0.3, -0.25) is 4.98 Å². The molecule has 2 heterocycles. The summed E-state index contributed by atoms with van der Waals surface area (Å²) in [5.74, 6) is -0.930. The minimum absolute atomic E-state index is 0.930. The zero-order chi connectivity index (χ0) is 13.1. The largest absolute Gasteiger partial charge is 0.478 e. The Labute approximate surface area is 109 Å². The molecule has 0 fully saturated rings. The third-order valence-corrected chi connectivity index (χ3v) is 3.48. The van der Waals surface area contributed by atoms with Crippen molar-refractivity contribution in [1.29, 1.82) is 0 Å². The number of pyridine rings is 1. The highest BCUT2D eigenvalue weighted by Gasteiger charge is 2.03. The van der Waals surface area contributed by atoms with Crippen molar-refractivity contribution in [2.75, 3.05) is 0 Å². The highest BCUT2D eigenvalue weighted by molar-refractivity contribution is 7.16. The zero-order valence-electron chi connectivity index (χ0n) is 10.2. The molecule has 0 aliphatic heterocycles. The number of carboxylic acid groups (broad SMARTS) is 1. The van der Waals surface area contributed by atoms with E-state index in [0.717, 1.165) is 32.8 Å². The Morgan fingerprint density at radius 3 is 2.56 bits per heavy atom. The molecule has 0 atom stereocenters. The predicted molar refractivity (Wildman–Crippen MR) is 73.7 cm³/mol.